The second kappa shape index (κ2) is 6.67. The Morgan fingerprint density at radius 3 is 2.63 bits per heavy atom. The summed E-state index contributed by atoms with van der Waals surface area (Å²) in [5.41, 5.74) is 10.1. The summed E-state index contributed by atoms with van der Waals surface area (Å²) >= 11 is 2.07. The maximum atomic E-state index is 6.43. The Hall–Kier alpha value is -0.670. The van der Waals surface area contributed by atoms with Crippen LogP contribution in [-0.2, 0) is 0 Å². The lowest BCUT2D eigenvalue weighted by Gasteiger charge is -2.26. The fraction of sp³-hybridized carbons (Fsp3) is 0.625. The highest BCUT2D eigenvalue weighted by molar-refractivity contribution is 7.99. The molecule has 1 fully saturated rings. The van der Waals surface area contributed by atoms with Crippen molar-refractivity contribution in [3.8, 4) is 5.75 Å². The Labute approximate surface area is 121 Å². The maximum Gasteiger partial charge on any atom is 0.126 e. The summed E-state index contributed by atoms with van der Waals surface area (Å²) in [5.74, 6) is 4.35. The van der Waals surface area contributed by atoms with Crippen molar-refractivity contribution in [2.24, 2.45) is 11.7 Å². The number of nitrogens with two attached hydrogens (primary N) is 1. The second-order valence-corrected chi connectivity index (χ2v) is 6.75. The molecule has 1 unspecified atom stereocenters. The molecule has 1 heterocycles. The van der Waals surface area contributed by atoms with E-state index in [1.54, 1.807) is 7.11 Å². The van der Waals surface area contributed by atoms with E-state index in [1.807, 2.05) is 0 Å². The van der Waals surface area contributed by atoms with Gasteiger partial charge in [0.05, 0.1) is 7.11 Å². The topological polar surface area (TPSA) is 35.2 Å². The van der Waals surface area contributed by atoms with E-state index in [9.17, 15) is 0 Å². The van der Waals surface area contributed by atoms with Gasteiger partial charge in [0.15, 0.2) is 0 Å². The van der Waals surface area contributed by atoms with Crippen LogP contribution in [-0.4, -0.2) is 18.6 Å². The van der Waals surface area contributed by atoms with Crippen molar-refractivity contribution < 1.29 is 4.74 Å². The molecular weight excluding hydrogens is 254 g/mol. The molecule has 2 rings (SSSR count). The van der Waals surface area contributed by atoms with Crippen molar-refractivity contribution in [1.82, 2.24) is 0 Å². The third-order valence-corrected chi connectivity index (χ3v) is 5.29. The molecule has 106 valence electrons. The molecule has 19 heavy (non-hydrogen) atoms. The van der Waals surface area contributed by atoms with Gasteiger partial charge in [-0.2, -0.15) is 11.8 Å². The van der Waals surface area contributed by atoms with Crippen molar-refractivity contribution >= 4 is 11.8 Å². The summed E-state index contributed by atoms with van der Waals surface area (Å²) in [6.07, 6.45) is 3.70. The van der Waals surface area contributed by atoms with Crippen LogP contribution in [0.4, 0.5) is 0 Å². The third kappa shape index (κ3) is 3.46. The van der Waals surface area contributed by atoms with E-state index >= 15 is 0 Å². The standard InChI is InChI=1S/C16H25NOS/c1-11-4-5-14(16(18-3)12(11)2)15(17)10-13-6-8-19-9-7-13/h4-5,13,15H,6-10,17H2,1-3H3. The van der Waals surface area contributed by atoms with Crippen LogP contribution in [0.5, 0.6) is 5.75 Å². The fourth-order valence-electron chi connectivity index (χ4n) is 2.84. The van der Waals surface area contributed by atoms with Crippen LogP contribution in [0.3, 0.4) is 0 Å². The predicted octanol–water partition coefficient (Wildman–Crippen LogP) is 3.85. The zero-order chi connectivity index (χ0) is 13.8. The number of hydrogen-bond acceptors (Lipinski definition) is 3. The molecule has 0 aromatic heterocycles. The van der Waals surface area contributed by atoms with Gasteiger partial charge in [-0.3, -0.25) is 0 Å². The van der Waals surface area contributed by atoms with Crippen LogP contribution >= 0.6 is 11.8 Å². The summed E-state index contributed by atoms with van der Waals surface area (Å²) in [6, 6.07) is 4.40. The molecule has 1 aliphatic rings. The summed E-state index contributed by atoms with van der Waals surface area (Å²) in [6.45, 7) is 4.23. The van der Waals surface area contributed by atoms with Gasteiger partial charge in [-0.15, -0.1) is 0 Å². The molecular formula is C16H25NOS. The first-order valence-corrected chi connectivity index (χ1v) is 8.26. The zero-order valence-corrected chi connectivity index (χ0v) is 13.1. The summed E-state index contributed by atoms with van der Waals surface area (Å²) in [5, 5.41) is 0. The molecule has 2 N–H and O–H groups in total. The molecule has 0 bridgehead atoms. The molecule has 0 radical (unpaired) electrons. The normalized spacial score (nSPS) is 18.3. The lowest BCUT2D eigenvalue weighted by molar-refractivity contribution is 0.381. The first-order chi connectivity index (χ1) is 9.13. The quantitative estimate of drug-likeness (QED) is 0.909. The predicted molar refractivity (Wildman–Crippen MR) is 84.1 cm³/mol. The number of thioether (sulfide) groups is 1. The van der Waals surface area contributed by atoms with Crippen LogP contribution in [0, 0.1) is 19.8 Å². The third-order valence-electron chi connectivity index (χ3n) is 4.24. The summed E-state index contributed by atoms with van der Waals surface area (Å²) in [7, 11) is 1.75. The first kappa shape index (κ1) is 14.7. The van der Waals surface area contributed by atoms with E-state index in [4.69, 9.17) is 10.5 Å². The average Bonchev–Trinajstić information content (AvgIpc) is 2.42. The number of ether oxygens (including phenoxy) is 1. The Balaban J connectivity index is 2.13. The largest absolute Gasteiger partial charge is 0.496 e. The summed E-state index contributed by atoms with van der Waals surface area (Å²) < 4.78 is 5.58. The van der Waals surface area contributed by atoms with E-state index in [1.165, 1.54) is 41.0 Å². The van der Waals surface area contributed by atoms with Crippen molar-refractivity contribution in [1.29, 1.82) is 0 Å². The Bertz CT molecular complexity index is 427. The van der Waals surface area contributed by atoms with Crippen LogP contribution in [0.1, 0.15) is 42.0 Å². The van der Waals surface area contributed by atoms with Gasteiger partial charge in [0.1, 0.15) is 5.75 Å². The van der Waals surface area contributed by atoms with E-state index in [0.717, 1.165) is 18.1 Å². The van der Waals surface area contributed by atoms with Gasteiger partial charge in [-0.25, -0.2) is 0 Å². The van der Waals surface area contributed by atoms with Crippen molar-refractivity contribution in [2.75, 3.05) is 18.6 Å². The summed E-state index contributed by atoms with van der Waals surface area (Å²) in [4.78, 5) is 0. The van der Waals surface area contributed by atoms with E-state index in [-0.39, 0.29) is 6.04 Å². The molecule has 2 nitrogen and oxygen atoms in total. The van der Waals surface area contributed by atoms with Crippen molar-refractivity contribution in [3.63, 3.8) is 0 Å². The number of aryl methyl sites for hydroxylation is 1. The van der Waals surface area contributed by atoms with Crippen LogP contribution < -0.4 is 10.5 Å². The minimum absolute atomic E-state index is 0.0994. The van der Waals surface area contributed by atoms with Gasteiger partial charge in [0, 0.05) is 11.6 Å². The highest BCUT2D eigenvalue weighted by Gasteiger charge is 2.21. The Morgan fingerprint density at radius 1 is 1.32 bits per heavy atom. The van der Waals surface area contributed by atoms with Crippen LogP contribution in [0.2, 0.25) is 0 Å². The van der Waals surface area contributed by atoms with Gasteiger partial charge >= 0.3 is 0 Å². The Morgan fingerprint density at radius 2 is 2.00 bits per heavy atom. The number of benzene rings is 1. The van der Waals surface area contributed by atoms with E-state index in [0.29, 0.717) is 0 Å². The van der Waals surface area contributed by atoms with Gasteiger partial charge < -0.3 is 10.5 Å². The zero-order valence-electron chi connectivity index (χ0n) is 12.2. The van der Waals surface area contributed by atoms with E-state index < -0.39 is 0 Å². The second-order valence-electron chi connectivity index (χ2n) is 5.53. The Kier molecular flexibility index (Phi) is 5.17. The minimum Gasteiger partial charge on any atom is -0.496 e. The highest BCUT2D eigenvalue weighted by atomic mass is 32.2. The maximum absolute atomic E-state index is 6.43. The number of rotatable bonds is 4. The van der Waals surface area contributed by atoms with Gasteiger partial charge in [0.25, 0.3) is 0 Å². The van der Waals surface area contributed by atoms with Crippen LogP contribution in [0.25, 0.3) is 0 Å². The first-order valence-electron chi connectivity index (χ1n) is 7.11. The molecule has 0 spiro atoms. The molecule has 1 aromatic rings. The van der Waals surface area contributed by atoms with Crippen molar-refractivity contribution in [3.05, 3.63) is 28.8 Å². The highest BCUT2D eigenvalue weighted by Crippen LogP contribution is 2.35. The number of methoxy groups -OCH3 is 1. The number of hydrogen-bond donors (Lipinski definition) is 1. The van der Waals surface area contributed by atoms with Gasteiger partial charge in [-0.1, -0.05) is 12.1 Å². The molecule has 0 aliphatic carbocycles. The molecule has 1 saturated heterocycles. The molecule has 3 heteroatoms. The SMILES string of the molecule is COc1c(C(N)CC2CCSCC2)ccc(C)c1C. The minimum atomic E-state index is 0.0994. The van der Waals surface area contributed by atoms with Gasteiger partial charge in [-0.05, 0) is 61.7 Å². The molecule has 0 saturated carbocycles. The monoisotopic (exact) mass is 279 g/mol. The lowest BCUT2D eigenvalue weighted by Crippen LogP contribution is -2.19. The van der Waals surface area contributed by atoms with Crippen LogP contribution in [0.15, 0.2) is 12.1 Å². The molecule has 0 amide bonds. The smallest absolute Gasteiger partial charge is 0.126 e. The average molecular weight is 279 g/mol. The molecule has 1 atom stereocenters. The molecule has 1 aliphatic heterocycles. The van der Waals surface area contributed by atoms with E-state index in [2.05, 4.69) is 37.7 Å². The van der Waals surface area contributed by atoms with Crippen molar-refractivity contribution in [2.45, 2.75) is 39.2 Å². The fourth-order valence-corrected chi connectivity index (χ4v) is 4.05. The lowest BCUT2D eigenvalue weighted by atomic mass is 9.89. The van der Waals surface area contributed by atoms with Gasteiger partial charge in [0.2, 0.25) is 0 Å². The molecule has 1 aromatic carbocycles.